The van der Waals surface area contributed by atoms with E-state index in [2.05, 4.69) is 11.8 Å². The minimum atomic E-state index is -4.17. The maximum absolute atomic E-state index is 12.7. The number of aryl methyl sites for hydroxylation is 1. The van der Waals surface area contributed by atoms with Crippen LogP contribution >= 0.6 is 11.6 Å². The van der Waals surface area contributed by atoms with Gasteiger partial charge in [0.25, 0.3) is 5.97 Å². The fourth-order valence-corrected chi connectivity index (χ4v) is 3.63. The molecule has 0 aliphatic rings. The average Bonchev–Trinajstić information content (AvgIpc) is 2.74. The number of benzene rings is 2. The monoisotopic (exact) mass is 518 g/mol. The lowest BCUT2D eigenvalue weighted by molar-refractivity contribution is -0.927. The predicted molar refractivity (Wildman–Crippen MR) is 126 cm³/mol. The van der Waals surface area contributed by atoms with Gasteiger partial charge in [-0.2, -0.15) is 14.3 Å². The molecule has 1 atom stereocenters. The van der Waals surface area contributed by atoms with Crippen LogP contribution in [0.2, 0.25) is 5.02 Å². The van der Waals surface area contributed by atoms with E-state index in [1.165, 1.54) is 31.4 Å². The SMILES string of the molecule is C=N[N+](C)(N)CCOc1cc(C)cc(OS(=O)(=O)c2cc(Cl)ccc2OC)c1.CC(=O)O.N=N. The second-order valence-corrected chi connectivity index (χ2v) is 8.71. The molecule has 0 amide bonds. The van der Waals surface area contributed by atoms with Gasteiger partial charge in [0, 0.05) is 24.7 Å². The first-order valence-corrected chi connectivity index (χ1v) is 11.2. The Labute approximate surface area is 203 Å². The predicted octanol–water partition coefficient (Wildman–Crippen LogP) is 3.43. The van der Waals surface area contributed by atoms with Gasteiger partial charge in [0.1, 0.15) is 35.8 Å². The number of rotatable bonds is 9. The summed E-state index contributed by atoms with van der Waals surface area (Å²) in [5.74, 6) is 5.66. The normalized spacial score (nSPS) is 11.9. The summed E-state index contributed by atoms with van der Waals surface area (Å²) in [4.78, 5) is 8.83. The van der Waals surface area contributed by atoms with Gasteiger partial charge in [-0.25, -0.2) is 11.1 Å². The summed E-state index contributed by atoms with van der Waals surface area (Å²) in [6.07, 6.45) is 0. The molecule has 2 aromatic carbocycles. The summed E-state index contributed by atoms with van der Waals surface area (Å²) in [6.45, 7) is 6.92. The number of hydrogen-bond acceptors (Lipinski definition) is 10. The Morgan fingerprint density at radius 3 is 2.32 bits per heavy atom. The molecule has 0 fully saturated rings. The number of halogens is 1. The van der Waals surface area contributed by atoms with Crippen LogP contribution in [0.25, 0.3) is 0 Å². The third-order valence-corrected chi connectivity index (χ3v) is 5.27. The van der Waals surface area contributed by atoms with E-state index in [4.69, 9.17) is 52.1 Å². The van der Waals surface area contributed by atoms with Crippen molar-refractivity contribution in [3.8, 4) is 17.2 Å². The van der Waals surface area contributed by atoms with Gasteiger partial charge in [0.2, 0.25) is 0 Å². The van der Waals surface area contributed by atoms with E-state index in [0.29, 0.717) is 12.3 Å². The topological polar surface area (TPSA) is 185 Å². The zero-order valence-electron chi connectivity index (χ0n) is 19.2. The second kappa shape index (κ2) is 14.1. The van der Waals surface area contributed by atoms with E-state index in [0.717, 1.165) is 12.5 Å². The summed E-state index contributed by atoms with van der Waals surface area (Å²) in [5.41, 5.74) is 10.8. The summed E-state index contributed by atoms with van der Waals surface area (Å²) in [6, 6.07) is 9.06. The lowest BCUT2D eigenvalue weighted by Crippen LogP contribution is -2.47. The number of hydrogen-bond donors (Lipinski definition) is 4. The molecule has 0 radical (unpaired) electrons. The van der Waals surface area contributed by atoms with Crippen LogP contribution in [0.3, 0.4) is 0 Å². The highest BCUT2D eigenvalue weighted by Gasteiger charge is 2.23. The highest BCUT2D eigenvalue weighted by atomic mass is 35.5. The molecule has 5 N–H and O–H groups in total. The number of nitrogens with one attached hydrogen (secondary N) is 2. The molecule has 12 nitrogen and oxygen atoms in total. The molecule has 0 bridgehead atoms. The van der Waals surface area contributed by atoms with Crippen LogP contribution in [-0.4, -0.2) is 58.2 Å². The van der Waals surface area contributed by atoms with E-state index in [-0.39, 0.29) is 32.7 Å². The smallest absolute Gasteiger partial charge is 0.342 e. The van der Waals surface area contributed by atoms with Gasteiger partial charge in [-0.15, -0.1) is 4.70 Å². The van der Waals surface area contributed by atoms with E-state index in [1.54, 1.807) is 26.1 Å². The summed E-state index contributed by atoms with van der Waals surface area (Å²) in [5, 5.41) is 11.4. The van der Waals surface area contributed by atoms with Crippen molar-refractivity contribution < 1.29 is 36.7 Å². The van der Waals surface area contributed by atoms with Crippen LogP contribution in [-0.2, 0) is 14.9 Å². The Kier molecular flexibility index (Phi) is 12.7. The van der Waals surface area contributed by atoms with E-state index >= 15 is 0 Å². The molecule has 2 rings (SSSR count). The Bertz CT molecular complexity index is 1080. The van der Waals surface area contributed by atoms with E-state index in [1.807, 2.05) is 0 Å². The van der Waals surface area contributed by atoms with Gasteiger partial charge >= 0.3 is 10.1 Å². The maximum atomic E-state index is 12.7. The zero-order valence-corrected chi connectivity index (χ0v) is 20.8. The number of nitrogens with zero attached hydrogens (tertiary/aromatic N) is 2. The fourth-order valence-electron chi connectivity index (χ4n) is 2.28. The molecule has 0 saturated heterocycles. The van der Waals surface area contributed by atoms with Crippen molar-refractivity contribution in [2.75, 3.05) is 27.3 Å². The molecular formula is C20H29ClN5O7S+. The molecule has 0 aliphatic heterocycles. The molecule has 0 aromatic heterocycles. The minimum absolute atomic E-state index is 0.101. The molecule has 14 heteroatoms. The molecule has 2 aromatic rings. The highest BCUT2D eigenvalue weighted by molar-refractivity contribution is 7.87. The van der Waals surface area contributed by atoms with Gasteiger partial charge in [-0.1, -0.05) is 16.7 Å². The third-order valence-electron chi connectivity index (χ3n) is 3.76. The Morgan fingerprint density at radius 2 is 1.79 bits per heavy atom. The first-order chi connectivity index (χ1) is 15.8. The van der Waals surface area contributed by atoms with Crippen molar-refractivity contribution in [2.45, 2.75) is 18.7 Å². The third kappa shape index (κ3) is 11.0. The number of aliphatic carboxylic acids is 1. The number of carboxylic acid groups (broad SMARTS) is 1. The largest absolute Gasteiger partial charge is 0.495 e. The number of carbonyl (C=O) groups is 1. The van der Waals surface area contributed by atoms with Gasteiger partial charge in [-0.3, -0.25) is 4.79 Å². The molecule has 0 saturated carbocycles. The molecule has 0 heterocycles. The van der Waals surface area contributed by atoms with Crippen LogP contribution < -0.4 is 19.5 Å². The first-order valence-electron chi connectivity index (χ1n) is 9.39. The van der Waals surface area contributed by atoms with E-state index in [9.17, 15) is 8.42 Å². The van der Waals surface area contributed by atoms with Crippen molar-refractivity contribution >= 4 is 34.4 Å². The number of nitrogens with two attached hydrogens (primary N) is 1. The summed E-state index contributed by atoms with van der Waals surface area (Å²) >= 11 is 5.92. The van der Waals surface area contributed by atoms with Crippen molar-refractivity contribution in [1.29, 1.82) is 11.1 Å². The molecule has 1 unspecified atom stereocenters. The lowest BCUT2D eigenvalue weighted by Gasteiger charge is -2.20. The van der Waals surface area contributed by atoms with Crippen LogP contribution in [0.4, 0.5) is 0 Å². The standard InChI is InChI=1S/C18H23ClN3O5S.C2H4O2.H2N2/c1-13-9-15(26-8-7-22(3,20)21-2)12-16(10-13)27-28(23,24)18-11-14(19)5-6-17(18)25-4;1-2(3)4;1-2/h5-6,9-12H,2,7-8,20H2,1,3-4H3;1H3,(H,3,4);1-2H/q+1;;. The molecule has 34 heavy (non-hydrogen) atoms. The highest BCUT2D eigenvalue weighted by Crippen LogP contribution is 2.31. The van der Waals surface area contributed by atoms with Crippen LogP contribution in [0, 0.1) is 18.0 Å². The number of quaternary nitrogens is 1. The van der Waals surface area contributed by atoms with Gasteiger partial charge in [-0.05, 0) is 42.8 Å². The first kappa shape index (κ1) is 30.7. The van der Waals surface area contributed by atoms with Gasteiger partial charge < -0.3 is 18.8 Å². The Hall–Kier alpha value is -3.26. The Balaban J connectivity index is 0.00000164. The lowest BCUT2D eigenvalue weighted by atomic mass is 10.2. The average molecular weight is 519 g/mol. The van der Waals surface area contributed by atoms with Crippen molar-refractivity contribution in [2.24, 2.45) is 10.9 Å². The number of ether oxygens (including phenoxy) is 2. The Morgan fingerprint density at radius 1 is 1.24 bits per heavy atom. The molecule has 0 spiro atoms. The number of carboxylic acids is 1. The van der Waals surface area contributed by atoms with Gasteiger partial charge in [0.05, 0.1) is 7.11 Å². The van der Waals surface area contributed by atoms with Crippen molar-refractivity contribution in [3.05, 3.63) is 47.0 Å². The van der Waals surface area contributed by atoms with Crippen LogP contribution in [0.1, 0.15) is 12.5 Å². The quantitative estimate of drug-likeness (QED) is 0.0970. The zero-order chi connectivity index (χ0) is 26.5. The maximum Gasteiger partial charge on any atom is 0.342 e. The number of likely N-dealkylation sites (N-methyl/N-ethyl adjacent to an activating group) is 1. The fraction of sp³-hybridized carbons (Fsp3) is 0.300. The molecular weight excluding hydrogens is 490 g/mol. The number of methoxy groups -OCH3 is 1. The minimum Gasteiger partial charge on any atom is -0.495 e. The molecule has 188 valence electrons. The summed E-state index contributed by atoms with van der Waals surface area (Å²) < 4.78 is 41.3. The van der Waals surface area contributed by atoms with Crippen molar-refractivity contribution in [1.82, 2.24) is 0 Å². The van der Waals surface area contributed by atoms with E-state index < -0.39 is 16.1 Å². The van der Waals surface area contributed by atoms with Crippen molar-refractivity contribution in [3.63, 3.8) is 0 Å². The molecule has 0 aliphatic carbocycles. The second-order valence-electron chi connectivity index (χ2n) is 6.76. The summed E-state index contributed by atoms with van der Waals surface area (Å²) in [7, 11) is -1.13. The van der Waals surface area contributed by atoms with Crippen LogP contribution in [0.15, 0.2) is 46.4 Å². The van der Waals surface area contributed by atoms with Crippen LogP contribution in [0.5, 0.6) is 17.2 Å². The van der Waals surface area contributed by atoms with Gasteiger partial charge in [0.15, 0.2) is 6.54 Å².